The minimum Gasteiger partial charge on any atom is -0.711 e. The van der Waals surface area contributed by atoms with Crippen LogP contribution in [-0.4, -0.2) is 51.6 Å². The van der Waals surface area contributed by atoms with Crippen molar-refractivity contribution in [2.45, 2.75) is 0 Å². The highest BCUT2D eigenvalue weighted by atomic mass is 16.6. The summed E-state index contributed by atoms with van der Waals surface area (Å²) in [7, 11) is 0. The topological polar surface area (TPSA) is 162 Å². The molecule has 150 valence electrons. The summed E-state index contributed by atoms with van der Waals surface area (Å²) < 4.78 is 11.2. The van der Waals surface area contributed by atoms with Crippen molar-refractivity contribution in [3.8, 4) is 34.3 Å². The van der Waals surface area contributed by atoms with Gasteiger partial charge in [0.1, 0.15) is 13.1 Å². The molecule has 1 aromatic carbocycles. The molecular formula is C17H15N5O7. The second-order valence-corrected chi connectivity index (χ2v) is 6.24. The highest BCUT2D eigenvalue weighted by molar-refractivity contribution is 5.69. The molecule has 4 rings (SSSR count). The molecule has 0 radical (unpaired) electrons. The molecule has 1 aliphatic heterocycles. The van der Waals surface area contributed by atoms with E-state index in [2.05, 4.69) is 10.1 Å². The minimum absolute atomic E-state index is 0.0639. The molecule has 0 atom stereocenters. The summed E-state index contributed by atoms with van der Waals surface area (Å²) in [6.45, 7) is 2.17. The molecule has 3 heterocycles. The van der Waals surface area contributed by atoms with Gasteiger partial charge in [0.2, 0.25) is 11.6 Å². The first-order valence-electron chi connectivity index (χ1n) is 8.55. The standard InChI is InChI=1S/C17H15N5O7/c23-13-8-11(7-12(15(13)24)22(26)27)17-18-16(19-29-17)10-1-2-21(25)14(9-10)20-3-5-28-6-4-20/h1-2,7-9,23-24H,3-6H2. The van der Waals surface area contributed by atoms with Gasteiger partial charge in [-0.15, -0.1) is 0 Å². The molecule has 0 spiro atoms. The number of benzene rings is 1. The molecular weight excluding hydrogens is 386 g/mol. The number of ether oxygens (including phenoxy) is 1. The van der Waals surface area contributed by atoms with Crippen molar-refractivity contribution in [1.82, 2.24) is 10.1 Å². The van der Waals surface area contributed by atoms with Gasteiger partial charge in [-0.1, -0.05) is 5.16 Å². The Morgan fingerprint density at radius 3 is 2.66 bits per heavy atom. The second kappa shape index (κ2) is 7.24. The van der Waals surface area contributed by atoms with Gasteiger partial charge in [-0.05, 0) is 12.1 Å². The van der Waals surface area contributed by atoms with Crippen LogP contribution in [0, 0.1) is 15.3 Å². The van der Waals surface area contributed by atoms with E-state index in [1.54, 1.807) is 6.07 Å². The normalized spacial score (nSPS) is 14.1. The Hall–Kier alpha value is -3.93. The zero-order valence-electron chi connectivity index (χ0n) is 14.9. The van der Waals surface area contributed by atoms with E-state index in [-0.39, 0.29) is 17.3 Å². The number of hydrogen-bond acceptors (Lipinski definition) is 10. The average Bonchev–Trinajstić information content (AvgIpc) is 3.21. The third-order valence-electron chi connectivity index (χ3n) is 4.43. The molecule has 3 aromatic rings. The number of nitro groups is 1. The Labute approximate surface area is 162 Å². The Kier molecular flexibility index (Phi) is 4.60. The van der Waals surface area contributed by atoms with E-state index in [0.29, 0.717) is 37.7 Å². The number of aromatic nitrogens is 3. The fraction of sp³-hybridized carbons (Fsp3) is 0.235. The predicted octanol–water partition coefficient (Wildman–Crippen LogP) is 1.19. The van der Waals surface area contributed by atoms with Gasteiger partial charge in [-0.2, -0.15) is 4.98 Å². The number of pyridine rings is 1. The summed E-state index contributed by atoms with van der Waals surface area (Å²) in [5, 5.41) is 46.4. The third kappa shape index (κ3) is 3.48. The zero-order chi connectivity index (χ0) is 20.5. The molecule has 0 aliphatic carbocycles. The van der Waals surface area contributed by atoms with Gasteiger partial charge in [0, 0.05) is 17.7 Å². The summed E-state index contributed by atoms with van der Waals surface area (Å²) in [6.07, 6.45) is 1.33. The van der Waals surface area contributed by atoms with Gasteiger partial charge in [-0.3, -0.25) is 15.0 Å². The van der Waals surface area contributed by atoms with Crippen molar-refractivity contribution < 1.29 is 29.1 Å². The number of anilines is 1. The van der Waals surface area contributed by atoms with Gasteiger partial charge in [-0.25, -0.2) is 4.73 Å². The van der Waals surface area contributed by atoms with Gasteiger partial charge < -0.3 is 24.7 Å². The number of morpholine rings is 1. The number of phenols is 2. The van der Waals surface area contributed by atoms with Crippen LogP contribution in [0.4, 0.5) is 11.5 Å². The largest absolute Gasteiger partial charge is 0.711 e. The van der Waals surface area contributed by atoms with Gasteiger partial charge in [0.25, 0.3) is 11.7 Å². The van der Waals surface area contributed by atoms with Crippen molar-refractivity contribution in [2.24, 2.45) is 0 Å². The van der Waals surface area contributed by atoms with Crippen LogP contribution in [0.25, 0.3) is 22.8 Å². The van der Waals surface area contributed by atoms with Crippen LogP contribution in [0.15, 0.2) is 35.0 Å². The van der Waals surface area contributed by atoms with Crippen LogP contribution >= 0.6 is 0 Å². The molecule has 12 heteroatoms. The van der Waals surface area contributed by atoms with Gasteiger partial charge in [0.15, 0.2) is 5.75 Å². The molecule has 2 N–H and O–H groups in total. The Morgan fingerprint density at radius 2 is 1.93 bits per heavy atom. The number of phenolic OH excluding ortho intramolecular Hbond substituents is 2. The number of nitro benzene ring substituents is 1. The molecule has 12 nitrogen and oxygen atoms in total. The fourth-order valence-electron chi connectivity index (χ4n) is 2.96. The molecule has 0 amide bonds. The van der Waals surface area contributed by atoms with Gasteiger partial charge >= 0.3 is 5.69 Å². The van der Waals surface area contributed by atoms with Crippen LogP contribution in [0.3, 0.4) is 0 Å². The molecule has 0 unspecified atom stereocenters. The predicted molar refractivity (Wildman–Crippen MR) is 97.1 cm³/mol. The molecule has 29 heavy (non-hydrogen) atoms. The van der Waals surface area contributed by atoms with E-state index in [4.69, 9.17) is 9.26 Å². The quantitative estimate of drug-likeness (QED) is 0.213. The first kappa shape index (κ1) is 18.4. The maximum absolute atomic E-state index is 12.2. The second-order valence-electron chi connectivity index (χ2n) is 6.24. The van der Waals surface area contributed by atoms with Crippen molar-refractivity contribution in [3.05, 3.63) is 45.8 Å². The lowest BCUT2D eigenvalue weighted by Crippen LogP contribution is -2.44. The lowest BCUT2D eigenvalue weighted by atomic mass is 10.1. The van der Waals surface area contributed by atoms with Crippen molar-refractivity contribution in [1.29, 1.82) is 0 Å². The van der Waals surface area contributed by atoms with Crippen LogP contribution in [-0.2, 0) is 4.74 Å². The molecule has 0 bridgehead atoms. The smallest absolute Gasteiger partial charge is 0.315 e. The van der Waals surface area contributed by atoms with Crippen LogP contribution in [0.1, 0.15) is 0 Å². The fourth-order valence-corrected chi connectivity index (χ4v) is 2.96. The van der Waals surface area contributed by atoms with E-state index >= 15 is 0 Å². The summed E-state index contributed by atoms with van der Waals surface area (Å²) >= 11 is 0. The summed E-state index contributed by atoms with van der Waals surface area (Å²) in [6, 6.07) is 5.23. The Balaban J connectivity index is 1.69. The Bertz CT molecular complexity index is 1080. The molecule has 1 fully saturated rings. The number of rotatable bonds is 4. The molecule has 1 saturated heterocycles. The Morgan fingerprint density at radius 1 is 1.17 bits per heavy atom. The van der Waals surface area contributed by atoms with Crippen molar-refractivity contribution in [2.75, 3.05) is 31.2 Å². The highest BCUT2D eigenvalue weighted by Gasteiger charge is 2.24. The van der Waals surface area contributed by atoms with Crippen molar-refractivity contribution >= 4 is 11.5 Å². The monoisotopic (exact) mass is 401 g/mol. The highest BCUT2D eigenvalue weighted by Crippen LogP contribution is 2.39. The summed E-state index contributed by atoms with van der Waals surface area (Å²) in [5.41, 5.74) is -0.124. The first-order valence-corrected chi connectivity index (χ1v) is 8.55. The lowest BCUT2D eigenvalue weighted by molar-refractivity contribution is -0.592. The zero-order valence-corrected chi connectivity index (χ0v) is 14.9. The SMILES string of the molecule is O=[N+]([O-])c1cc(-c2nc(-c3cc[n+]([O-])c(N4CCOCC4)c3)no2)cc(O)c1O. The lowest BCUT2D eigenvalue weighted by Gasteiger charge is -2.24. The average molecular weight is 401 g/mol. The summed E-state index contributed by atoms with van der Waals surface area (Å²) in [4.78, 5) is 16.3. The maximum atomic E-state index is 12.2. The van der Waals surface area contributed by atoms with Gasteiger partial charge in [0.05, 0.1) is 29.9 Å². The number of nitrogens with zero attached hydrogens (tertiary/aromatic N) is 5. The molecule has 0 saturated carbocycles. The van der Waals surface area contributed by atoms with E-state index in [0.717, 1.165) is 16.9 Å². The van der Waals surface area contributed by atoms with E-state index < -0.39 is 22.1 Å². The summed E-state index contributed by atoms with van der Waals surface area (Å²) in [5.74, 6) is -1.06. The molecule has 2 aromatic heterocycles. The van der Waals surface area contributed by atoms with Crippen molar-refractivity contribution in [3.63, 3.8) is 0 Å². The minimum atomic E-state index is -0.850. The van der Waals surface area contributed by atoms with Crippen LogP contribution < -0.4 is 9.63 Å². The maximum Gasteiger partial charge on any atom is 0.315 e. The van der Waals surface area contributed by atoms with Crippen LogP contribution in [0.5, 0.6) is 11.5 Å². The van der Waals surface area contributed by atoms with E-state index in [1.807, 2.05) is 4.90 Å². The number of hydrogen-bond donors (Lipinski definition) is 2. The number of aromatic hydroxyl groups is 2. The first-order chi connectivity index (χ1) is 13.9. The van der Waals surface area contributed by atoms with Crippen LogP contribution in [0.2, 0.25) is 0 Å². The molecule has 1 aliphatic rings. The van der Waals surface area contributed by atoms with E-state index in [9.17, 15) is 25.5 Å². The third-order valence-corrected chi connectivity index (χ3v) is 4.43. The van der Waals surface area contributed by atoms with E-state index in [1.165, 1.54) is 12.3 Å².